The molecule has 0 spiro atoms. The van der Waals surface area contributed by atoms with Gasteiger partial charge in [0.1, 0.15) is 0 Å². The van der Waals surface area contributed by atoms with E-state index in [1.54, 1.807) is 6.20 Å². The van der Waals surface area contributed by atoms with E-state index in [0.717, 1.165) is 25.0 Å². The van der Waals surface area contributed by atoms with Crippen molar-refractivity contribution in [2.75, 3.05) is 6.61 Å². The normalized spacial score (nSPS) is 22.7. The molecular formula is C13H22Cl2N2O. The molecule has 1 heterocycles. The second-order valence-corrected chi connectivity index (χ2v) is 4.66. The fourth-order valence-electron chi connectivity index (χ4n) is 2.18. The number of pyridine rings is 1. The van der Waals surface area contributed by atoms with Crippen LogP contribution in [0.3, 0.4) is 0 Å². The molecule has 1 fully saturated rings. The maximum absolute atomic E-state index is 5.87. The van der Waals surface area contributed by atoms with Crippen molar-refractivity contribution < 1.29 is 4.74 Å². The van der Waals surface area contributed by atoms with Crippen LogP contribution in [0.15, 0.2) is 24.5 Å². The van der Waals surface area contributed by atoms with E-state index >= 15 is 0 Å². The van der Waals surface area contributed by atoms with Crippen LogP contribution in [0.5, 0.6) is 0 Å². The molecule has 2 rings (SSSR count). The molecule has 0 atom stereocenters. The fraction of sp³-hybridized carbons (Fsp3) is 0.615. The summed E-state index contributed by atoms with van der Waals surface area (Å²) in [5.41, 5.74) is 7.02. The summed E-state index contributed by atoms with van der Waals surface area (Å²) in [5.74, 6) is 0.705. The Morgan fingerprint density at radius 2 is 1.94 bits per heavy atom. The predicted molar refractivity (Wildman–Crippen MR) is 78.3 cm³/mol. The molecule has 18 heavy (non-hydrogen) atoms. The van der Waals surface area contributed by atoms with Crippen LogP contribution in [0.2, 0.25) is 0 Å². The van der Waals surface area contributed by atoms with Gasteiger partial charge in [-0.3, -0.25) is 4.98 Å². The Labute approximate surface area is 121 Å². The third kappa shape index (κ3) is 6.01. The molecular weight excluding hydrogens is 271 g/mol. The van der Waals surface area contributed by atoms with E-state index in [4.69, 9.17) is 10.5 Å². The summed E-state index contributed by atoms with van der Waals surface area (Å²) in [4.78, 5) is 4.06. The molecule has 0 bridgehead atoms. The minimum atomic E-state index is 0. The number of aromatic nitrogens is 1. The van der Waals surface area contributed by atoms with Crippen LogP contribution in [0.25, 0.3) is 0 Å². The first-order valence-corrected chi connectivity index (χ1v) is 6.07. The first-order chi connectivity index (χ1) is 7.84. The second-order valence-electron chi connectivity index (χ2n) is 4.66. The van der Waals surface area contributed by atoms with Crippen LogP contribution in [-0.2, 0) is 11.3 Å². The predicted octanol–water partition coefficient (Wildman–Crippen LogP) is 2.96. The van der Waals surface area contributed by atoms with Crippen molar-refractivity contribution in [3.63, 3.8) is 0 Å². The van der Waals surface area contributed by atoms with Gasteiger partial charge in [0, 0.05) is 25.0 Å². The molecule has 0 amide bonds. The first-order valence-electron chi connectivity index (χ1n) is 6.07. The zero-order valence-corrected chi connectivity index (χ0v) is 12.1. The van der Waals surface area contributed by atoms with E-state index in [1.165, 1.54) is 12.8 Å². The smallest absolute Gasteiger partial charge is 0.0731 e. The standard InChI is InChI=1S/C13H20N2O.2ClH/c14-13-5-3-11(4-6-13)9-16-10-12-2-1-7-15-8-12;;/h1-2,7-8,11,13H,3-6,9-10,14H2;2*1H. The zero-order valence-electron chi connectivity index (χ0n) is 10.5. The SMILES string of the molecule is Cl.Cl.NC1CCC(COCc2cccnc2)CC1. The molecule has 1 aliphatic rings. The Morgan fingerprint density at radius 1 is 1.22 bits per heavy atom. The van der Waals surface area contributed by atoms with Crippen molar-refractivity contribution in [1.29, 1.82) is 0 Å². The highest BCUT2D eigenvalue weighted by Gasteiger charge is 2.18. The molecule has 0 aliphatic heterocycles. The molecule has 2 N–H and O–H groups in total. The summed E-state index contributed by atoms with van der Waals surface area (Å²) in [6.07, 6.45) is 8.38. The summed E-state index contributed by atoms with van der Waals surface area (Å²) >= 11 is 0. The van der Waals surface area contributed by atoms with E-state index in [2.05, 4.69) is 4.98 Å². The maximum Gasteiger partial charge on any atom is 0.0731 e. The highest BCUT2D eigenvalue weighted by Crippen LogP contribution is 2.23. The monoisotopic (exact) mass is 292 g/mol. The Bertz CT molecular complexity index is 303. The van der Waals surface area contributed by atoms with Crippen molar-refractivity contribution in [3.05, 3.63) is 30.1 Å². The van der Waals surface area contributed by atoms with Gasteiger partial charge in [0.2, 0.25) is 0 Å². The largest absolute Gasteiger partial charge is 0.376 e. The minimum absolute atomic E-state index is 0. The lowest BCUT2D eigenvalue weighted by molar-refractivity contribution is 0.0717. The molecule has 0 aromatic carbocycles. The number of hydrogen-bond acceptors (Lipinski definition) is 3. The van der Waals surface area contributed by atoms with E-state index in [9.17, 15) is 0 Å². The molecule has 3 nitrogen and oxygen atoms in total. The maximum atomic E-state index is 5.87. The van der Waals surface area contributed by atoms with Crippen LogP contribution in [-0.4, -0.2) is 17.6 Å². The number of ether oxygens (including phenoxy) is 1. The summed E-state index contributed by atoms with van der Waals surface area (Å²) in [5, 5.41) is 0. The Balaban J connectivity index is 0.00000144. The quantitative estimate of drug-likeness (QED) is 0.928. The summed E-state index contributed by atoms with van der Waals surface area (Å²) in [6.45, 7) is 1.54. The van der Waals surface area contributed by atoms with Gasteiger partial charge >= 0.3 is 0 Å². The second kappa shape index (κ2) is 9.56. The van der Waals surface area contributed by atoms with Crippen LogP contribution >= 0.6 is 24.8 Å². The van der Waals surface area contributed by atoms with Crippen molar-refractivity contribution in [1.82, 2.24) is 4.98 Å². The average molecular weight is 293 g/mol. The Morgan fingerprint density at radius 3 is 2.56 bits per heavy atom. The first kappa shape index (κ1) is 17.6. The van der Waals surface area contributed by atoms with Gasteiger partial charge in [-0.25, -0.2) is 0 Å². The molecule has 1 aromatic heterocycles. The van der Waals surface area contributed by atoms with Crippen LogP contribution in [0.1, 0.15) is 31.2 Å². The number of halogens is 2. The van der Waals surface area contributed by atoms with Crippen LogP contribution < -0.4 is 5.73 Å². The summed E-state index contributed by atoms with van der Waals surface area (Å²) < 4.78 is 5.71. The Hall–Kier alpha value is -0.350. The lowest BCUT2D eigenvalue weighted by atomic mass is 9.87. The lowest BCUT2D eigenvalue weighted by Gasteiger charge is -2.25. The Kier molecular flexibility index (Phi) is 9.38. The van der Waals surface area contributed by atoms with Gasteiger partial charge in [0.15, 0.2) is 0 Å². The van der Waals surface area contributed by atoms with E-state index in [0.29, 0.717) is 18.6 Å². The van der Waals surface area contributed by atoms with Gasteiger partial charge < -0.3 is 10.5 Å². The van der Waals surface area contributed by atoms with Crippen molar-refractivity contribution in [2.24, 2.45) is 11.7 Å². The minimum Gasteiger partial charge on any atom is -0.376 e. The zero-order chi connectivity index (χ0) is 11.2. The van der Waals surface area contributed by atoms with Gasteiger partial charge in [-0.15, -0.1) is 24.8 Å². The molecule has 0 unspecified atom stereocenters. The molecule has 0 radical (unpaired) electrons. The van der Waals surface area contributed by atoms with Gasteiger partial charge in [0.25, 0.3) is 0 Å². The van der Waals surface area contributed by atoms with Gasteiger partial charge in [-0.1, -0.05) is 6.07 Å². The molecule has 1 aliphatic carbocycles. The van der Waals surface area contributed by atoms with Gasteiger partial charge in [0.05, 0.1) is 6.61 Å². The summed E-state index contributed by atoms with van der Waals surface area (Å²) in [7, 11) is 0. The van der Waals surface area contributed by atoms with Crippen LogP contribution in [0.4, 0.5) is 0 Å². The molecule has 5 heteroatoms. The third-order valence-corrected chi connectivity index (χ3v) is 3.24. The van der Waals surface area contributed by atoms with Crippen molar-refractivity contribution in [2.45, 2.75) is 38.3 Å². The van der Waals surface area contributed by atoms with E-state index in [1.807, 2.05) is 18.3 Å². The number of nitrogens with zero attached hydrogens (tertiary/aromatic N) is 1. The number of rotatable bonds is 4. The highest BCUT2D eigenvalue weighted by atomic mass is 35.5. The third-order valence-electron chi connectivity index (χ3n) is 3.24. The van der Waals surface area contributed by atoms with Crippen molar-refractivity contribution in [3.8, 4) is 0 Å². The molecule has 1 saturated carbocycles. The average Bonchev–Trinajstić information content (AvgIpc) is 2.33. The van der Waals surface area contributed by atoms with Gasteiger partial charge in [-0.2, -0.15) is 0 Å². The lowest BCUT2D eigenvalue weighted by Crippen LogP contribution is -2.28. The number of hydrogen-bond donors (Lipinski definition) is 1. The number of nitrogens with two attached hydrogens (primary N) is 1. The molecule has 104 valence electrons. The molecule has 0 saturated heterocycles. The highest BCUT2D eigenvalue weighted by molar-refractivity contribution is 5.85. The van der Waals surface area contributed by atoms with Gasteiger partial charge in [-0.05, 0) is 43.2 Å². The van der Waals surface area contributed by atoms with E-state index in [-0.39, 0.29) is 24.8 Å². The topological polar surface area (TPSA) is 48.1 Å². The van der Waals surface area contributed by atoms with Crippen LogP contribution in [0, 0.1) is 5.92 Å². The molecule has 1 aromatic rings. The van der Waals surface area contributed by atoms with Crippen molar-refractivity contribution >= 4 is 24.8 Å². The summed E-state index contributed by atoms with van der Waals surface area (Å²) in [6, 6.07) is 4.41. The fourth-order valence-corrected chi connectivity index (χ4v) is 2.18. The van der Waals surface area contributed by atoms with E-state index < -0.39 is 0 Å².